The molecule has 0 saturated heterocycles. The predicted molar refractivity (Wildman–Crippen MR) is 121 cm³/mol. The zero-order valence-corrected chi connectivity index (χ0v) is 18.4. The molecule has 0 spiro atoms. The monoisotopic (exact) mass is 438 g/mol. The SMILES string of the molecule is COc1ccc(-c2nc(CC(=O)Nc3ccc4c(c3)n(C)c(=O)n4C)cs2)cc1OC. The number of aryl methyl sites for hydroxylation is 2. The molecule has 0 fully saturated rings. The maximum atomic E-state index is 12.5. The highest BCUT2D eigenvalue weighted by Crippen LogP contribution is 2.33. The highest BCUT2D eigenvalue weighted by Gasteiger charge is 2.13. The van der Waals surface area contributed by atoms with Gasteiger partial charge in [-0.1, -0.05) is 0 Å². The van der Waals surface area contributed by atoms with Gasteiger partial charge in [-0.3, -0.25) is 13.9 Å². The maximum Gasteiger partial charge on any atom is 0.328 e. The summed E-state index contributed by atoms with van der Waals surface area (Å²) in [4.78, 5) is 29.2. The number of ether oxygens (including phenoxy) is 2. The molecule has 2 aromatic heterocycles. The summed E-state index contributed by atoms with van der Waals surface area (Å²) in [5.74, 6) is 1.10. The highest BCUT2D eigenvalue weighted by atomic mass is 32.1. The van der Waals surface area contributed by atoms with Crippen LogP contribution in [-0.2, 0) is 25.3 Å². The molecule has 0 atom stereocenters. The quantitative estimate of drug-likeness (QED) is 0.500. The van der Waals surface area contributed by atoms with Crippen LogP contribution < -0.4 is 20.5 Å². The van der Waals surface area contributed by atoms with E-state index in [1.54, 1.807) is 49.6 Å². The number of hydrogen-bond acceptors (Lipinski definition) is 6. The lowest BCUT2D eigenvalue weighted by atomic mass is 10.2. The Morgan fingerprint density at radius 1 is 1.03 bits per heavy atom. The van der Waals surface area contributed by atoms with E-state index < -0.39 is 0 Å². The Morgan fingerprint density at radius 3 is 2.52 bits per heavy atom. The van der Waals surface area contributed by atoms with Crippen molar-refractivity contribution >= 4 is 34.0 Å². The number of amides is 1. The molecule has 0 unspecified atom stereocenters. The van der Waals surface area contributed by atoms with E-state index in [1.165, 1.54) is 11.3 Å². The zero-order chi connectivity index (χ0) is 22.1. The summed E-state index contributed by atoms with van der Waals surface area (Å²) in [6.07, 6.45) is 0.148. The Labute approximate surface area is 182 Å². The lowest BCUT2D eigenvalue weighted by molar-refractivity contribution is -0.115. The Kier molecular flexibility index (Phi) is 5.51. The van der Waals surface area contributed by atoms with Crippen molar-refractivity contribution in [3.63, 3.8) is 0 Å². The van der Waals surface area contributed by atoms with Crippen molar-refractivity contribution in [2.45, 2.75) is 6.42 Å². The van der Waals surface area contributed by atoms with Gasteiger partial charge in [0.25, 0.3) is 0 Å². The third-order valence-electron chi connectivity index (χ3n) is 5.08. The van der Waals surface area contributed by atoms with Gasteiger partial charge in [-0.25, -0.2) is 9.78 Å². The van der Waals surface area contributed by atoms with E-state index in [1.807, 2.05) is 29.6 Å². The lowest BCUT2D eigenvalue weighted by Crippen LogP contribution is -2.19. The van der Waals surface area contributed by atoms with Crippen LogP contribution in [0.4, 0.5) is 5.69 Å². The fraction of sp³-hybridized carbons (Fsp3) is 0.227. The molecular formula is C22H22N4O4S. The topological polar surface area (TPSA) is 87.4 Å². The molecule has 1 amide bonds. The molecule has 0 aliphatic heterocycles. The van der Waals surface area contributed by atoms with Crippen molar-refractivity contribution in [1.82, 2.24) is 14.1 Å². The molecule has 160 valence electrons. The molecule has 0 radical (unpaired) electrons. The van der Waals surface area contributed by atoms with Gasteiger partial charge >= 0.3 is 5.69 Å². The van der Waals surface area contributed by atoms with Crippen molar-refractivity contribution in [3.05, 3.63) is 58.0 Å². The smallest absolute Gasteiger partial charge is 0.328 e. The summed E-state index contributed by atoms with van der Waals surface area (Å²) in [6, 6.07) is 11.0. The second-order valence-electron chi connectivity index (χ2n) is 7.04. The van der Waals surface area contributed by atoms with E-state index in [4.69, 9.17) is 9.47 Å². The number of hydrogen-bond donors (Lipinski definition) is 1. The minimum Gasteiger partial charge on any atom is -0.493 e. The van der Waals surface area contributed by atoms with Crippen LogP contribution in [-0.4, -0.2) is 34.2 Å². The van der Waals surface area contributed by atoms with Crippen molar-refractivity contribution in [3.8, 4) is 22.1 Å². The number of rotatable bonds is 6. The van der Waals surface area contributed by atoms with Crippen molar-refractivity contribution in [2.24, 2.45) is 14.1 Å². The molecular weight excluding hydrogens is 416 g/mol. The van der Waals surface area contributed by atoms with E-state index in [0.29, 0.717) is 22.9 Å². The van der Waals surface area contributed by atoms with E-state index in [-0.39, 0.29) is 18.0 Å². The van der Waals surface area contributed by atoms with Crippen molar-refractivity contribution in [1.29, 1.82) is 0 Å². The van der Waals surface area contributed by atoms with Crippen LogP contribution in [0.15, 0.2) is 46.6 Å². The van der Waals surface area contributed by atoms with E-state index >= 15 is 0 Å². The Morgan fingerprint density at radius 2 is 1.77 bits per heavy atom. The average molecular weight is 439 g/mol. The molecule has 0 bridgehead atoms. The number of thiazole rings is 1. The van der Waals surface area contributed by atoms with Crippen LogP contribution in [0.25, 0.3) is 21.6 Å². The fourth-order valence-electron chi connectivity index (χ4n) is 3.44. The number of anilines is 1. The van der Waals surface area contributed by atoms with Gasteiger partial charge in [-0.05, 0) is 36.4 Å². The predicted octanol–water partition coefficient (Wildman–Crippen LogP) is 3.20. The summed E-state index contributed by atoms with van der Waals surface area (Å²) >= 11 is 1.46. The van der Waals surface area contributed by atoms with Gasteiger partial charge in [0, 0.05) is 30.7 Å². The summed E-state index contributed by atoms with van der Waals surface area (Å²) < 4.78 is 13.7. The van der Waals surface area contributed by atoms with Crippen LogP contribution in [0, 0.1) is 0 Å². The van der Waals surface area contributed by atoms with Crippen molar-refractivity contribution < 1.29 is 14.3 Å². The molecule has 31 heavy (non-hydrogen) atoms. The number of carbonyl (C=O) groups excluding carboxylic acids is 1. The van der Waals surface area contributed by atoms with Gasteiger partial charge in [-0.15, -0.1) is 11.3 Å². The number of nitrogens with one attached hydrogen (secondary N) is 1. The molecule has 0 aliphatic carbocycles. The second-order valence-corrected chi connectivity index (χ2v) is 7.90. The van der Waals surface area contributed by atoms with Crippen LogP contribution in [0.1, 0.15) is 5.69 Å². The molecule has 2 heterocycles. The Hall–Kier alpha value is -3.59. The summed E-state index contributed by atoms with van der Waals surface area (Å²) in [5, 5.41) is 5.55. The molecule has 9 heteroatoms. The number of aromatic nitrogens is 3. The number of fused-ring (bicyclic) bond motifs is 1. The Bertz CT molecular complexity index is 1340. The minimum absolute atomic E-state index is 0.108. The van der Waals surface area contributed by atoms with E-state index in [2.05, 4.69) is 10.3 Å². The average Bonchev–Trinajstić information content (AvgIpc) is 3.32. The van der Waals surface area contributed by atoms with Gasteiger partial charge in [0.15, 0.2) is 11.5 Å². The minimum atomic E-state index is -0.176. The van der Waals surface area contributed by atoms with Crippen molar-refractivity contribution in [2.75, 3.05) is 19.5 Å². The number of imidazole rings is 1. The zero-order valence-electron chi connectivity index (χ0n) is 17.6. The van der Waals surface area contributed by atoms with E-state index in [9.17, 15) is 9.59 Å². The van der Waals surface area contributed by atoms with Gasteiger partial charge in [0.1, 0.15) is 5.01 Å². The standard InChI is InChI=1S/C22H22N4O4S/c1-25-16-7-6-14(10-17(16)26(2)22(25)28)23-20(27)11-15-12-31-21(24-15)13-5-8-18(29-3)19(9-13)30-4/h5-10,12H,11H2,1-4H3,(H,23,27). The number of methoxy groups -OCH3 is 2. The summed E-state index contributed by atoms with van der Waals surface area (Å²) in [5.41, 5.74) is 3.67. The molecule has 4 aromatic rings. The maximum absolute atomic E-state index is 12.5. The van der Waals surface area contributed by atoms with Crippen LogP contribution in [0.5, 0.6) is 11.5 Å². The van der Waals surface area contributed by atoms with Gasteiger partial charge < -0.3 is 14.8 Å². The van der Waals surface area contributed by atoms with Crippen LogP contribution in [0.2, 0.25) is 0 Å². The second kappa shape index (κ2) is 8.27. The number of benzene rings is 2. The first-order valence-corrected chi connectivity index (χ1v) is 10.4. The molecule has 1 N–H and O–H groups in total. The largest absolute Gasteiger partial charge is 0.493 e. The first-order valence-electron chi connectivity index (χ1n) is 9.53. The van der Waals surface area contributed by atoms with Crippen LogP contribution in [0.3, 0.4) is 0 Å². The van der Waals surface area contributed by atoms with Gasteiger partial charge in [-0.2, -0.15) is 0 Å². The fourth-order valence-corrected chi connectivity index (χ4v) is 4.26. The number of carbonyl (C=O) groups is 1. The highest BCUT2D eigenvalue weighted by molar-refractivity contribution is 7.13. The third-order valence-corrected chi connectivity index (χ3v) is 6.02. The Balaban J connectivity index is 1.49. The molecule has 8 nitrogen and oxygen atoms in total. The molecule has 2 aromatic carbocycles. The van der Waals surface area contributed by atoms with E-state index in [0.717, 1.165) is 21.6 Å². The number of nitrogens with zero attached hydrogens (tertiary/aromatic N) is 3. The summed E-state index contributed by atoms with van der Waals surface area (Å²) in [6.45, 7) is 0. The van der Waals surface area contributed by atoms with Gasteiger partial charge in [0.2, 0.25) is 5.91 Å². The molecule has 0 aliphatic rings. The summed E-state index contributed by atoms with van der Waals surface area (Å²) in [7, 11) is 6.61. The first-order chi connectivity index (χ1) is 14.9. The molecule has 4 rings (SSSR count). The molecule has 0 saturated carbocycles. The third kappa shape index (κ3) is 3.91. The first kappa shape index (κ1) is 20.7. The lowest BCUT2D eigenvalue weighted by Gasteiger charge is -2.08. The van der Waals surface area contributed by atoms with Gasteiger partial charge in [0.05, 0.1) is 37.4 Å². The van der Waals surface area contributed by atoms with Crippen LogP contribution >= 0.6 is 11.3 Å². The normalized spacial score (nSPS) is 11.0.